The number of rotatable bonds is 33. The van der Waals surface area contributed by atoms with Gasteiger partial charge in [-0.3, -0.25) is 15.0 Å². The van der Waals surface area contributed by atoms with Crippen LogP contribution in [0.4, 0.5) is 19.7 Å². The number of carbonyl (C=O) groups excluding carboxylic acids is 2. The van der Waals surface area contributed by atoms with E-state index in [1.807, 2.05) is 6.07 Å². The third kappa shape index (κ3) is 16.2. The second-order valence-corrected chi connectivity index (χ2v) is 19.9. The van der Waals surface area contributed by atoms with Gasteiger partial charge in [-0.2, -0.15) is 0 Å². The van der Waals surface area contributed by atoms with E-state index in [9.17, 15) is 34.3 Å². The molecule has 1 aliphatic heterocycles. The summed E-state index contributed by atoms with van der Waals surface area (Å²) in [4.78, 5) is 46.9. The number of benzene rings is 3. The number of hydrogen-bond donors (Lipinski definition) is 3. The van der Waals surface area contributed by atoms with Crippen LogP contribution >= 0.6 is 0 Å². The van der Waals surface area contributed by atoms with Gasteiger partial charge < -0.3 is 39.3 Å². The van der Waals surface area contributed by atoms with Crippen molar-refractivity contribution in [2.75, 3.05) is 33.0 Å². The van der Waals surface area contributed by atoms with Crippen LogP contribution in [0.2, 0.25) is 0 Å². The fraction of sp³-hybridized carbons (Fsp3) is 0.542. The van der Waals surface area contributed by atoms with Crippen molar-refractivity contribution in [3.05, 3.63) is 136 Å². The van der Waals surface area contributed by atoms with Gasteiger partial charge in [0.15, 0.2) is 0 Å². The number of ether oxygens (including phenoxy) is 4. The number of nitrogens with zero attached hydrogens (tertiary/aromatic N) is 3. The molecule has 6 rings (SSSR count). The van der Waals surface area contributed by atoms with Crippen molar-refractivity contribution < 1.29 is 52.9 Å². The standard InChI is InChI=1S/C59H79FN4O11/c1-4-7-9-10-11-12-13-14-15-18-33-61-57(67)74-48-31-32-53-51(39-48)55-49(22-17-20-35-66)45(21-16-19-34-65)38-50-52(62-73-42-44-25-29-47(30-26-44)64(69)70)40-54(59(75-53,56(50)55)72-36-6-3)63(58(68)71-37-8-5-2)41-43-23-27-46(60)28-24-43/h5-6,23-32,38-39,45,49,54-56,65-66H,2-4,7-22,33-37,40-42H2,1H3,(H,61,67). The molecule has 3 aliphatic rings. The van der Waals surface area contributed by atoms with Crippen LogP contribution < -0.4 is 14.8 Å². The first-order valence-electron chi connectivity index (χ1n) is 27.2. The zero-order chi connectivity index (χ0) is 53.4. The highest BCUT2D eigenvalue weighted by Crippen LogP contribution is 2.62. The number of aliphatic hydroxyl groups is 2. The summed E-state index contributed by atoms with van der Waals surface area (Å²) in [5.74, 6) is -2.64. The Morgan fingerprint density at radius 1 is 0.893 bits per heavy atom. The molecule has 0 saturated heterocycles. The molecule has 0 spiro atoms. The summed E-state index contributed by atoms with van der Waals surface area (Å²) in [5, 5.41) is 39.3. The molecule has 2 amide bonds. The molecule has 6 atom stereocenters. The number of aliphatic hydroxyl groups excluding tert-OH is 2. The van der Waals surface area contributed by atoms with E-state index in [0.29, 0.717) is 73.4 Å². The Hall–Kier alpha value is -6.10. The van der Waals surface area contributed by atoms with Gasteiger partial charge in [0.05, 0.1) is 29.8 Å². The summed E-state index contributed by atoms with van der Waals surface area (Å²) in [6, 6.07) is 16.2. The van der Waals surface area contributed by atoms with Gasteiger partial charge in [0, 0.05) is 56.3 Å². The van der Waals surface area contributed by atoms with E-state index in [2.05, 4.69) is 31.5 Å². The van der Waals surface area contributed by atoms with Crippen molar-refractivity contribution in [1.82, 2.24) is 10.2 Å². The number of nitro groups is 1. The van der Waals surface area contributed by atoms with Gasteiger partial charge in [0.2, 0.25) is 5.79 Å². The molecule has 3 aromatic rings. The molecule has 1 heterocycles. The van der Waals surface area contributed by atoms with Crippen LogP contribution in [-0.4, -0.2) is 82.7 Å². The highest BCUT2D eigenvalue weighted by Gasteiger charge is 2.65. The maximum absolute atomic E-state index is 14.8. The third-order valence-electron chi connectivity index (χ3n) is 14.6. The minimum absolute atomic E-state index is 0.00663. The zero-order valence-corrected chi connectivity index (χ0v) is 43.8. The van der Waals surface area contributed by atoms with Gasteiger partial charge >= 0.3 is 12.2 Å². The van der Waals surface area contributed by atoms with Crippen LogP contribution in [-0.2, 0) is 27.5 Å². The van der Waals surface area contributed by atoms with Crippen molar-refractivity contribution in [2.45, 2.75) is 153 Å². The van der Waals surface area contributed by atoms with Crippen molar-refractivity contribution in [1.29, 1.82) is 0 Å². The lowest BCUT2D eigenvalue weighted by Gasteiger charge is -2.59. The molecule has 0 aromatic heterocycles. The molecule has 3 aromatic carbocycles. The smallest absolute Gasteiger partial charge is 0.412 e. The summed E-state index contributed by atoms with van der Waals surface area (Å²) in [5.41, 5.74) is 3.22. The lowest BCUT2D eigenvalue weighted by molar-refractivity contribution is -0.384. The van der Waals surface area contributed by atoms with Crippen LogP contribution in [0.5, 0.6) is 11.5 Å². The van der Waals surface area contributed by atoms with Gasteiger partial charge in [-0.25, -0.2) is 14.0 Å². The van der Waals surface area contributed by atoms with Crippen LogP contribution in [0.15, 0.2) is 109 Å². The van der Waals surface area contributed by atoms with Crippen molar-refractivity contribution in [3.63, 3.8) is 0 Å². The predicted molar refractivity (Wildman–Crippen MR) is 287 cm³/mol. The maximum Gasteiger partial charge on any atom is 0.412 e. The van der Waals surface area contributed by atoms with Gasteiger partial charge in [0.1, 0.15) is 30.0 Å². The lowest BCUT2D eigenvalue weighted by atomic mass is 9.55. The quantitative estimate of drug-likeness (QED) is 0.0228. The number of nitrogens with one attached hydrogen (secondary N) is 1. The summed E-state index contributed by atoms with van der Waals surface area (Å²) in [6.45, 7) is 10.5. The largest absolute Gasteiger partial charge is 0.459 e. The molecule has 3 N–H and O–H groups in total. The Labute approximate surface area is 442 Å². The van der Waals surface area contributed by atoms with Crippen LogP contribution in [0.3, 0.4) is 0 Å². The number of unbranched alkanes of at least 4 members (excludes halogenated alkanes) is 11. The van der Waals surface area contributed by atoms with Gasteiger partial charge in [-0.1, -0.05) is 113 Å². The van der Waals surface area contributed by atoms with Crippen molar-refractivity contribution >= 4 is 23.6 Å². The number of carbonyl (C=O) groups is 2. The number of allylic oxidation sites excluding steroid dienone is 1. The van der Waals surface area contributed by atoms with Gasteiger partial charge in [-0.05, 0) is 110 Å². The van der Waals surface area contributed by atoms with E-state index in [1.54, 1.807) is 53.5 Å². The molecule has 408 valence electrons. The lowest BCUT2D eigenvalue weighted by Crippen LogP contribution is -2.70. The highest BCUT2D eigenvalue weighted by atomic mass is 19.1. The Balaban J connectivity index is 1.44. The highest BCUT2D eigenvalue weighted by molar-refractivity contribution is 6.03. The summed E-state index contributed by atoms with van der Waals surface area (Å²) in [6.07, 6.45) is 20.4. The van der Waals surface area contributed by atoms with Gasteiger partial charge in [0.25, 0.3) is 5.69 Å². The van der Waals surface area contributed by atoms with Gasteiger partial charge in [-0.15, -0.1) is 13.2 Å². The number of hydrogen-bond acceptors (Lipinski definition) is 12. The second kappa shape index (κ2) is 30.5. The topological polar surface area (TPSA) is 192 Å². The van der Waals surface area contributed by atoms with Crippen molar-refractivity contribution in [3.8, 4) is 11.5 Å². The number of non-ortho nitro benzene ring substituents is 1. The maximum atomic E-state index is 14.8. The Bertz CT molecular complexity index is 2360. The number of oxime groups is 1. The SMILES string of the molecule is C=CCCOC(=O)N(Cc1ccc(F)cc1)C1CC(=NOCc2ccc([N+](=O)[O-])cc2)C2=CC(CCCCO)C(CCCCO)C3c4cc(OC(=O)NCCCCCCCCCCCC)ccc4OC1(OCC=C)C23. The fourth-order valence-corrected chi connectivity index (χ4v) is 11.0. The molecule has 75 heavy (non-hydrogen) atoms. The number of halogens is 1. The number of amides is 2. The molecule has 0 bridgehead atoms. The second-order valence-electron chi connectivity index (χ2n) is 19.9. The van der Waals surface area contributed by atoms with E-state index in [-0.39, 0.29) is 63.5 Å². The summed E-state index contributed by atoms with van der Waals surface area (Å²) >= 11 is 0. The van der Waals surface area contributed by atoms with E-state index in [4.69, 9.17) is 28.9 Å². The normalized spacial score (nSPS) is 20.9. The molecular weight excluding hydrogens is 960 g/mol. The van der Waals surface area contributed by atoms with Crippen LogP contribution in [0.25, 0.3) is 0 Å². The number of fused-ring (bicyclic) bond motifs is 2. The average molecular weight is 1040 g/mol. The first-order chi connectivity index (χ1) is 36.6. The molecule has 0 radical (unpaired) electrons. The minimum Gasteiger partial charge on any atom is -0.459 e. The van der Waals surface area contributed by atoms with Crippen molar-refractivity contribution in [2.24, 2.45) is 22.9 Å². The van der Waals surface area contributed by atoms with E-state index >= 15 is 0 Å². The van der Waals surface area contributed by atoms with Crippen LogP contribution in [0, 0.1) is 33.7 Å². The van der Waals surface area contributed by atoms with E-state index in [0.717, 1.165) is 36.8 Å². The number of nitro benzene ring substituents is 1. The monoisotopic (exact) mass is 1040 g/mol. The van der Waals surface area contributed by atoms with Crippen LogP contribution in [0.1, 0.15) is 145 Å². The average Bonchev–Trinajstić information content (AvgIpc) is 3.45. The van der Waals surface area contributed by atoms with E-state index < -0.39 is 46.6 Å². The molecule has 15 nitrogen and oxygen atoms in total. The fourth-order valence-electron chi connectivity index (χ4n) is 11.0. The molecule has 1 fully saturated rings. The third-order valence-corrected chi connectivity index (χ3v) is 14.6. The summed E-state index contributed by atoms with van der Waals surface area (Å²) < 4.78 is 40.8. The molecule has 6 unspecified atom stereocenters. The first-order valence-corrected chi connectivity index (χ1v) is 27.2. The molecular formula is C59H79FN4O11. The molecule has 16 heteroatoms. The Morgan fingerprint density at radius 3 is 2.24 bits per heavy atom. The molecule has 2 aliphatic carbocycles. The Kier molecular flexibility index (Phi) is 23.6. The minimum atomic E-state index is -1.65. The van der Waals surface area contributed by atoms with E-state index in [1.165, 1.54) is 69.2 Å². The summed E-state index contributed by atoms with van der Waals surface area (Å²) in [7, 11) is 0. The zero-order valence-electron chi connectivity index (χ0n) is 43.8. The Morgan fingerprint density at radius 2 is 1.57 bits per heavy atom. The predicted octanol–water partition coefficient (Wildman–Crippen LogP) is 12.8. The first kappa shape index (κ1) is 58.2. The molecule has 1 saturated carbocycles.